The molecular weight excluding hydrogens is 445 g/mol. The van der Waals surface area contributed by atoms with E-state index in [9.17, 15) is 15.2 Å². The molecule has 0 aliphatic rings. The molecule has 3 aromatic carbocycles. The number of benzene rings is 3. The van der Waals surface area contributed by atoms with Crippen molar-refractivity contribution < 1.29 is 9.90 Å². The van der Waals surface area contributed by atoms with Crippen LogP contribution in [0, 0.1) is 11.3 Å². The Hall–Kier alpha value is -3.72. The first-order chi connectivity index (χ1) is 15.4. The zero-order valence-electron chi connectivity index (χ0n) is 16.7. The lowest BCUT2D eigenvalue weighted by molar-refractivity contribution is -0.112. The normalized spacial score (nSPS) is 11.3. The van der Waals surface area contributed by atoms with E-state index in [1.54, 1.807) is 24.3 Å². The number of anilines is 1. The van der Waals surface area contributed by atoms with Gasteiger partial charge in [0.05, 0.1) is 10.0 Å². The second-order valence-electron chi connectivity index (χ2n) is 7.15. The number of fused-ring (bicyclic) bond motifs is 1. The lowest BCUT2D eigenvalue weighted by Crippen LogP contribution is -2.13. The monoisotopic (exact) mass is 461 g/mol. The standard InChI is InChI=1S/C25H17Cl2N3O2/c26-22-10-5-16(11-23(22)27)14-30-15-18(21-3-1-2-4-24(21)30)12-17(13-28)25(32)29-19-6-8-20(31)9-7-19/h1-12,15,31H,14H2,(H,29,32)/b17-12+. The number of amides is 1. The molecule has 4 aromatic rings. The van der Waals surface area contributed by atoms with Crippen molar-refractivity contribution in [1.29, 1.82) is 5.26 Å². The predicted molar refractivity (Wildman–Crippen MR) is 128 cm³/mol. The molecule has 0 fully saturated rings. The number of nitrogens with one attached hydrogen (secondary N) is 1. The minimum absolute atomic E-state index is 0.0319. The summed E-state index contributed by atoms with van der Waals surface area (Å²) < 4.78 is 2.04. The van der Waals surface area contributed by atoms with Gasteiger partial charge in [-0.25, -0.2) is 0 Å². The van der Waals surface area contributed by atoms with Gasteiger partial charge in [-0.3, -0.25) is 4.79 Å². The summed E-state index contributed by atoms with van der Waals surface area (Å²) in [5.74, 6) is -0.437. The number of carbonyl (C=O) groups is 1. The largest absolute Gasteiger partial charge is 0.508 e. The number of nitrogens with zero attached hydrogens (tertiary/aromatic N) is 2. The van der Waals surface area contributed by atoms with Crippen molar-refractivity contribution in [3.8, 4) is 11.8 Å². The number of rotatable bonds is 5. The number of carbonyl (C=O) groups excluding carboxylic acids is 1. The molecule has 1 amide bonds. The van der Waals surface area contributed by atoms with Crippen LogP contribution in [0.2, 0.25) is 10.0 Å². The van der Waals surface area contributed by atoms with Crippen molar-refractivity contribution in [3.63, 3.8) is 0 Å². The number of aromatic hydroxyl groups is 1. The Labute approximate surface area is 194 Å². The van der Waals surface area contributed by atoms with Gasteiger partial charge in [0.2, 0.25) is 0 Å². The Bertz CT molecular complexity index is 1380. The fourth-order valence-corrected chi connectivity index (χ4v) is 3.72. The first kappa shape index (κ1) is 21.5. The second kappa shape index (κ2) is 9.19. The Balaban J connectivity index is 1.67. The Morgan fingerprint density at radius 1 is 1.06 bits per heavy atom. The first-order valence-corrected chi connectivity index (χ1v) is 10.4. The van der Waals surface area contributed by atoms with E-state index in [1.165, 1.54) is 12.1 Å². The number of hydrogen-bond donors (Lipinski definition) is 2. The number of aromatic nitrogens is 1. The molecule has 32 heavy (non-hydrogen) atoms. The van der Waals surface area contributed by atoms with Crippen LogP contribution in [0.1, 0.15) is 11.1 Å². The highest BCUT2D eigenvalue weighted by atomic mass is 35.5. The van der Waals surface area contributed by atoms with Crippen LogP contribution >= 0.6 is 23.2 Å². The molecule has 2 N–H and O–H groups in total. The number of halogens is 2. The van der Waals surface area contributed by atoms with Crippen molar-refractivity contribution in [2.75, 3.05) is 5.32 Å². The van der Waals surface area contributed by atoms with Crippen LogP contribution in [0.25, 0.3) is 17.0 Å². The molecule has 0 radical (unpaired) electrons. The van der Waals surface area contributed by atoms with Crippen molar-refractivity contribution in [2.45, 2.75) is 6.54 Å². The fourth-order valence-electron chi connectivity index (χ4n) is 3.40. The van der Waals surface area contributed by atoms with Gasteiger partial charge in [-0.15, -0.1) is 0 Å². The van der Waals surface area contributed by atoms with E-state index in [-0.39, 0.29) is 11.3 Å². The number of hydrogen-bond acceptors (Lipinski definition) is 3. The molecule has 0 unspecified atom stereocenters. The quantitative estimate of drug-likeness (QED) is 0.209. The summed E-state index contributed by atoms with van der Waals surface area (Å²) in [6.45, 7) is 0.548. The lowest BCUT2D eigenvalue weighted by Gasteiger charge is -2.06. The molecule has 0 bridgehead atoms. The van der Waals surface area contributed by atoms with Gasteiger partial charge in [0.1, 0.15) is 17.4 Å². The predicted octanol–water partition coefficient (Wildman–Crippen LogP) is 6.25. The summed E-state index contributed by atoms with van der Waals surface area (Å²) in [6, 6.07) is 21.3. The number of phenols is 1. The minimum Gasteiger partial charge on any atom is -0.508 e. The Morgan fingerprint density at radius 3 is 2.53 bits per heavy atom. The first-order valence-electron chi connectivity index (χ1n) is 9.68. The molecule has 1 heterocycles. The van der Waals surface area contributed by atoms with Crippen molar-refractivity contribution in [1.82, 2.24) is 4.57 Å². The number of para-hydroxylation sites is 1. The molecule has 0 saturated carbocycles. The van der Waals surface area contributed by atoms with Gasteiger partial charge in [0.15, 0.2) is 0 Å². The molecule has 7 heteroatoms. The van der Waals surface area contributed by atoms with Gasteiger partial charge in [-0.1, -0.05) is 47.5 Å². The molecule has 0 atom stereocenters. The van der Waals surface area contributed by atoms with Gasteiger partial charge in [0, 0.05) is 34.9 Å². The SMILES string of the molecule is N#C/C(=C\c1cn(Cc2ccc(Cl)c(Cl)c2)c2ccccc12)C(=O)Nc1ccc(O)cc1. The third-order valence-corrected chi connectivity index (χ3v) is 5.69. The van der Waals surface area contributed by atoms with Gasteiger partial charge >= 0.3 is 0 Å². The maximum Gasteiger partial charge on any atom is 0.266 e. The van der Waals surface area contributed by atoms with Crippen LogP contribution in [0.5, 0.6) is 5.75 Å². The second-order valence-corrected chi connectivity index (χ2v) is 7.96. The number of phenolic OH excluding ortho intramolecular Hbond substituents is 1. The Morgan fingerprint density at radius 2 is 1.81 bits per heavy atom. The summed E-state index contributed by atoms with van der Waals surface area (Å²) >= 11 is 12.2. The molecule has 0 spiro atoms. The van der Waals surface area contributed by atoms with Gasteiger partial charge in [0.25, 0.3) is 5.91 Å². The maximum atomic E-state index is 12.6. The molecule has 1 aromatic heterocycles. The highest BCUT2D eigenvalue weighted by molar-refractivity contribution is 6.42. The third-order valence-electron chi connectivity index (χ3n) is 4.95. The highest BCUT2D eigenvalue weighted by Gasteiger charge is 2.13. The van der Waals surface area contributed by atoms with Gasteiger partial charge < -0.3 is 15.0 Å². The van der Waals surface area contributed by atoms with Crippen molar-refractivity contribution >= 4 is 51.8 Å². The summed E-state index contributed by atoms with van der Waals surface area (Å²) in [4.78, 5) is 12.6. The molecule has 4 rings (SSSR count). The molecular formula is C25H17Cl2N3O2. The maximum absolute atomic E-state index is 12.6. The third kappa shape index (κ3) is 4.62. The van der Waals surface area contributed by atoms with E-state index >= 15 is 0 Å². The van der Waals surface area contributed by atoms with Crippen LogP contribution in [0.3, 0.4) is 0 Å². The smallest absolute Gasteiger partial charge is 0.266 e. The molecule has 0 aliphatic carbocycles. The van der Waals surface area contributed by atoms with E-state index < -0.39 is 5.91 Å². The van der Waals surface area contributed by atoms with Crippen LogP contribution in [-0.4, -0.2) is 15.6 Å². The van der Waals surface area contributed by atoms with Crippen molar-refractivity contribution in [2.24, 2.45) is 0 Å². The van der Waals surface area contributed by atoms with Gasteiger partial charge in [-0.05, 0) is 54.1 Å². The average molecular weight is 462 g/mol. The fraction of sp³-hybridized carbons (Fsp3) is 0.0400. The molecule has 0 aliphatic heterocycles. The summed E-state index contributed by atoms with van der Waals surface area (Å²) in [5, 5.41) is 23.5. The van der Waals surface area contributed by atoms with Crippen LogP contribution in [-0.2, 0) is 11.3 Å². The molecule has 158 valence electrons. The van der Waals surface area contributed by atoms with E-state index in [1.807, 2.05) is 53.2 Å². The highest BCUT2D eigenvalue weighted by Crippen LogP contribution is 2.27. The van der Waals surface area contributed by atoms with E-state index in [0.29, 0.717) is 22.3 Å². The van der Waals surface area contributed by atoms with Crippen LogP contribution in [0.15, 0.2) is 78.5 Å². The van der Waals surface area contributed by atoms with Crippen molar-refractivity contribution in [3.05, 3.63) is 99.7 Å². The topological polar surface area (TPSA) is 78.0 Å². The van der Waals surface area contributed by atoms with E-state index in [2.05, 4.69) is 5.32 Å². The van der Waals surface area contributed by atoms with E-state index in [4.69, 9.17) is 23.2 Å². The zero-order valence-corrected chi connectivity index (χ0v) is 18.2. The van der Waals surface area contributed by atoms with Gasteiger partial charge in [-0.2, -0.15) is 5.26 Å². The number of nitriles is 1. The lowest BCUT2D eigenvalue weighted by atomic mass is 10.1. The molecule has 5 nitrogen and oxygen atoms in total. The summed E-state index contributed by atoms with van der Waals surface area (Å²) in [5.41, 5.74) is 3.13. The summed E-state index contributed by atoms with van der Waals surface area (Å²) in [6.07, 6.45) is 3.47. The summed E-state index contributed by atoms with van der Waals surface area (Å²) in [7, 11) is 0. The average Bonchev–Trinajstić information content (AvgIpc) is 3.13. The van der Waals surface area contributed by atoms with E-state index in [0.717, 1.165) is 22.0 Å². The molecule has 0 saturated heterocycles. The minimum atomic E-state index is -0.528. The zero-order chi connectivity index (χ0) is 22.7. The van der Waals surface area contributed by atoms with Crippen LogP contribution in [0.4, 0.5) is 5.69 Å². The Kier molecular flexibility index (Phi) is 6.18. The van der Waals surface area contributed by atoms with Crippen LogP contribution < -0.4 is 5.32 Å².